The number of benzene rings is 1. The predicted molar refractivity (Wildman–Crippen MR) is 79.1 cm³/mol. The zero-order chi connectivity index (χ0) is 15.3. The van der Waals surface area contributed by atoms with E-state index < -0.39 is 4.92 Å². The minimum atomic E-state index is -0.481. The van der Waals surface area contributed by atoms with Crippen molar-refractivity contribution in [2.24, 2.45) is 0 Å². The summed E-state index contributed by atoms with van der Waals surface area (Å²) < 4.78 is 0. The van der Waals surface area contributed by atoms with Crippen LogP contribution in [0, 0.1) is 10.1 Å². The van der Waals surface area contributed by atoms with Gasteiger partial charge in [0.05, 0.1) is 16.2 Å². The van der Waals surface area contributed by atoms with Crippen LogP contribution in [0.15, 0.2) is 48.7 Å². The lowest BCUT2D eigenvalue weighted by Crippen LogP contribution is -2.37. The van der Waals surface area contributed by atoms with Crippen LogP contribution < -0.4 is 4.90 Å². The number of aromatic nitrogens is 2. The number of carbonyl (C=O) groups is 1. The highest BCUT2D eigenvalue weighted by molar-refractivity contribution is 6.23. The molecule has 2 aromatic heterocycles. The molecule has 0 bridgehead atoms. The Morgan fingerprint density at radius 3 is 2.64 bits per heavy atom. The molecule has 7 heteroatoms. The molecule has 3 heterocycles. The van der Waals surface area contributed by atoms with Gasteiger partial charge in [-0.3, -0.25) is 19.8 Å². The summed E-state index contributed by atoms with van der Waals surface area (Å²) in [5.41, 5.74) is 1.61. The number of hydrogen-bond donors (Lipinski definition) is 0. The molecule has 0 saturated heterocycles. The third-order valence-corrected chi connectivity index (χ3v) is 3.53. The van der Waals surface area contributed by atoms with Crippen LogP contribution in [-0.4, -0.2) is 20.8 Å². The predicted octanol–water partition coefficient (Wildman–Crippen LogP) is 2.83. The Morgan fingerprint density at radius 2 is 1.91 bits per heavy atom. The second-order valence-electron chi connectivity index (χ2n) is 4.82. The Morgan fingerprint density at radius 1 is 1.14 bits per heavy atom. The van der Waals surface area contributed by atoms with Gasteiger partial charge in [0.1, 0.15) is 0 Å². The number of carbonyl (C=O) groups excluding carboxylic acids is 1. The maximum absolute atomic E-state index is 12.2. The van der Waals surface area contributed by atoms with E-state index in [0.717, 1.165) is 5.39 Å². The van der Waals surface area contributed by atoms with Crippen molar-refractivity contribution in [3.8, 4) is 0 Å². The summed E-state index contributed by atoms with van der Waals surface area (Å²) in [5.74, 6) is 0.340. The molecule has 106 valence electrons. The smallest absolute Gasteiger partial charge is 0.268 e. The zero-order valence-corrected chi connectivity index (χ0v) is 11.1. The van der Waals surface area contributed by atoms with Crippen LogP contribution >= 0.6 is 0 Å². The molecule has 3 aromatic rings. The number of nitro groups is 1. The molecule has 7 nitrogen and oxygen atoms in total. The van der Waals surface area contributed by atoms with E-state index in [1.54, 1.807) is 18.3 Å². The average Bonchev–Trinajstić information content (AvgIpc) is 2.54. The minimum absolute atomic E-state index is 0.0231. The van der Waals surface area contributed by atoms with E-state index in [0.29, 0.717) is 22.7 Å². The molecule has 0 radical (unpaired) electrons. The van der Waals surface area contributed by atoms with Crippen LogP contribution in [0.25, 0.3) is 11.0 Å². The number of nitrogens with zero attached hydrogens (tertiary/aromatic N) is 4. The van der Waals surface area contributed by atoms with Gasteiger partial charge in [0.25, 0.3) is 11.6 Å². The summed E-state index contributed by atoms with van der Waals surface area (Å²) >= 11 is 0. The van der Waals surface area contributed by atoms with Gasteiger partial charge in [0.15, 0.2) is 11.5 Å². The van der Waals surface area contributed by atoms with Crippen molar-refractivity contribution in [1.29, 1.82) is 0 Å². The third kappa shape index (κ3) is 1.65. The molecule has 1 aliphatic rings. The van der Waals surface area contributed by atoms with Crippen LogP contribution in [0.3, 0.4) is 0 Å². The lowest BCUT2D eigenvalue weighted by atomic mass is 10.0. The van der Waals surface area contributed by atoms with Gasteiger partial charge >= 0.3 is 0 Å². The van der Waals surface area contributed by atoms with Gasteiger partial charge in [0.2, 0.25) is 0 Å². The first-order valence-electron chi connectivity index (χ1n) is 6.50. The van der Waals surface area contributed by atoms with Crippen LogP contribution in [0.1, 0.15) is 10.4 Å². The number of non-ortho nitro benzene ring substituents is 1. The maximum Gasteiger partial charge on any atom is 0.269 e. The first-order chi connectivity index (χ1) is 10.6. The molecule has 1 aromatic carbocycles. The van der Waals surface area contributed by atoms with Crippen molar-refractivity contribution >= 4 is 34.1 Å². The topological polar surface area (TPSA) is 89.2 Å². The highest BCUT2D eigenvalue weighted by Crippen LogP contribution is 2.39. The lowest BCUT2D eigenvalue weighted by molar-refractivity contribution is -0.384. The third-order valence-electron chi connectivity index (χ3n) is 3.53. The number of rotatable bonds is 2. The molecular formula is C15H8N4O3. The zero-order valence-electron chi connectivity index (χ0n) is 11.1. The summed E-state index contributed by atoms with van der Waals surface area (Å²) in [7, 11) is 0. The summed E-state index contributed by atoms with van der Waals surface area (Å²) in [4.78, 5) is 32.4. The van der Waals surface area contributed by atoms with E-state index in [2.05, 4.69) is 9.97 Å². The normalized spacial score (nSPS) is 12.9. The Bertz CT molecular complexity index is 937. The van der Waals surface area contributed by atoms with Gasteiger partial charge in [-0.1, -0.05) is 0 Å². The van der Waals surface area contributed by atoms with Crippen LogP contribution in [0.5, 0.6) is 0 Å². The van der Waals surface area contributed by atoms with E-state index in [-0.39, 0.29) is 11.6 Å². The summed E-state index contributed by atoms with van der Waals surface area (Å²) in [6, 6.07) is 11.2. The number of hydrogen-bond acceptors (Lipinski definition) is 5. The molecule has 0 fully saturated rings. The molecule has 4 rings (SSSR count). The summed E-state index contributed by atoms with van der Waals surface area (Å²) in [6.45, 7) is 0. The van der Waals surface area contributed by atoms with Crippen LogP contribution in [-0.2, 0) is 0 Å². The van der Waals surface area contributed by atoms with E-state index in [9.17, 15) is 14.9 Å². The number of fused-ring (bicyclic) bond motifs is 2. The first kappa shape index (κ1) is 12.4. The van der Waals surface area contributed by atoms with Gasteiger partial charge in [-0.05, 0) is 30.3 Å². The van der Waals surface area contributed by atoms with Crippen LogP contribution in [0.4, 0.5) is 17.2 Å². The van der Waals surface area contributed by atoms with Gasteiger partial charge in [-0.15, -0.1) is 0 Å². The number of pyridine rings is 2. The standard InChI is InChI=1S/C15H8N4O3/c20-15-12-8-9-2-1-7-16-13(9)17-14(12)18(15)10-3-5-11(6-4-10)19(21)22/h1-8H. The van der Waals surface area contributed by atoms with Crippen molar-refractivity contribution in [2.75, 3.05) is 4.90 Å². The van der Waals surface area contributed by atoms with E-state index >= 15 is 0 Å². The largest absolute Gasteiger partial charge is 0.269 e. The SMILES string of the molecule is O=C1c2cc3cccnc3nc2N1c1ccc([N+](=O)[O-])cc1. The Balaban J connectivity index is 1.79. The van der Waals surface area contributed by atoms with E-state index in [1.807, 2.05) is 6.07 Å². The molecular weight excluding hydrogens is 284 g/mol. The van der Waals surface area contributed by atoms with E-state index in [4.69, 9.17) is 0 Å². The van der Waals surface area contributed by atoms with Crippen molar-refractivity contribution in [1.82, 2.24) is 9.97 Å². The fraction of sp³-hybridized carbons (Fsp3) is 0. The van der Waals surface area contributed by atoms with Crippen molar-refractivity contribution in [2.45, 2.75) is 0 Å². The molecule has 0 saturated carbocycles. The van der Waals surface area contributed by atoms with Gasteiger partial charge in [-0.2, -0.15) is 0 Å². The molecule has 0 N–H and O–H groups in total. The second-order valence-corrected chi connectivity index (χ2v) is 4.82. The molecule has 1 amide bonds. The van der Waals surface area contributed by atoms with Gasteiger partial charge in [0, 0.05) is 23.7 Å². The van der Waals surface area contributed by atoms with Crippen molar-refractivity contribution in [3.05, 3.63) is 64.3 Å². The number of amides is 1. The average molecular weight is 292 g/mol. The number of anilines is 2. The maximum atomic E-state index is 12.2. The highest BCUT2D eigenvalue weighted by atomic mass is 16.6. The van der Waals surface area contributed by atoms with Crippen molar-refractivity contribution < 1.29 is 9.72 Å². The van der Waals surface area contributed by atoms with Gasteiger partial charge in [-0.25, -0.2) is 9.97 Å². The molecule has 22 heavy (non-hydrogen) atoms. The summed E-state index contributed by atoms with van der Waals surface area (Å²) in [5, 5.41) is 11.5. The molecule has 0 aliphatic carbocycles. The monoisotopic (exact) mass is 292 g/mol. The second kappa shape index (κ2) is 4.32. The Kier molecular flexibility index (Phi) is 2.43. The highest BCUT2D eigenvalue weighted by Gasteiger charge is 2.36. The van der Waals surface area contributed by atoms with Crippen LogP contribution in [0.2, 0.25) is 0 Å². The molecule has 0 unspecified atom stereocenters. The fourth-order valence-corrected chi connectivity index (χ4v) is 2.45. The fourth-order valence-electron chi connectivity index (χ4n) is 2.45. The molecule has 0 spiro atoms. The minimum Gasteiger partial charge on any atom is -0.268 e. The van der Waals surface area contributed by atoms with Gasteiger partial charge < -0.3 is 0 Å². The number of nitro benzene ring substituents is 1. The molecule has 0 atom stereocenters. The lowest BCUT2D eigenvalue weighted by Gasteiger charge is -2.32. The quantitative estimate of drug-likeness (QED) is 0.535. The van der Waals surface area contributed by atoms with E-state index in [1.165, 1.54) is 29.2 Å². The molecule has 1 aliphatic heterocycles. The first-order valence-corrected chi connectivity index (χ1v) is 6.50. The Hall–Kier alpha value is -3.35. The summed E-state index contributed by atoms with van der Waals surface area (Å²) in [6.07, 6.45) is 1.64. The Labute approximate surface area is 124 Å². The van der Waals surface area contributed by atoms with Crippen molar-refractivity contribution in [3.63, 3.8) is 0 Å².